The molecule has 1 aliphatic heterocycles. The minimum Gasteiger partial charge on any atom is -0.481 e. The van der Waals surface area contributed by atoms with Gasteiger partial charge in [-0.05, 0) is 18.2 Å². The highest BCUT2D eigenvalue weighted by Crippen LogP contribution is 2.18. The van der Waals surface area contributed by atoms with Crippen LogP contribution < -0.4 is 5.32 Å². The number of carbonyl (C=O) groups excluding carboxylic acids is 1. The second-order valence-corrected chi connectivity index (χ2v) is 7.15. The van der Waals surface area contributed by atoms with Gasteiger partial charge in [0.05, 0.1) is 24.3 Å². The van der Waals surface area contributed by atoms with E-state index in [-0.39, 0.29) is 18.9 Å². The van der Waals surface area contributed by atoms with E-state index in [0.717, 1.165) is 43.4 Å². The van der Waals surface area contributed by atoms with Crippen LogP contribution in [0.4, 0.5) is 5.69 Å². The Hall–Kier alpha value is -2.14. The molecule has 0 unspecified atom stereocenters. The third-order valence-electron chi connectivity index (χ3n) is 4.68. The van der Waals surface area contributed by atoms with Crippen molar-refractivity contribution >= 4 is 40.3 Å². The topological polar surface area (TPSA) is 119 Å². The predicted molar refractivity (Wildman–Crippen MR) is 102 cm³/mol. The fourth-order valence-electron chi connectivity index (χ4n) is 3.17. The minimum absolute atomic E-state index is 0.0838. The minimum atomic E-state index is -0.970. The summed E-state index contributed by atoms with van der Waals surface area (Å²) in [5.74, 6) is -2.06. The molecular formula is C17H23N5O4S. The maximum atomic E-state index is 12.3. The summed E-state index contributed by atoms with van der Waals surface area (Å²) in [6, 6.07) is 5.24. The molecule has 2 aromatic rings. The van der Waals surface area contributed by atoms with E-state index in [1.165, 1.54) is 0 Å². The molecule has 0 aliphatic carbocycles. The number of anilines is 1. The number of aliphatic hydroxyl groups excluding tert-OH is 1. The predicted octanol–water partition coefficient (Wildman–Crippen LogP) is 0.331. The molecule has 9 nitrogen and oxygen atoms in total. The fraction of sp³-hybridized carbons (Fsp3) is 0.529. The van der Waals surface area contributed by atoms with Crippen LogP contribution in [0.15, 0.2) is 18.2 Å². The smallest absolute Gasteiger partial charge is 0.308 e. The normalized spacial score (nSPS) is 17.1. The molecule has 0 radical (unpaired) electrons. The standard InChI is InChI=1S/C17H23N5O4S/c23-8-7-21-3-5-22(6-4-21)11-12(17(25)26)9-16(24)18-13-1-2-14-15(10-13)20-27-19-14/h1-2,10,12,23H,3-9,11H2,(H,18,24)(H,25,26)/t12-/m1/s1. The van der Waals surface area contributed by atoms with Crippen molar-refractivity contribution in [2.24, 2.45) is 5.92 Å². The second-order valence-electron chi connectivity index (χ2n) is 6.62. The molecule has 0 spiro atoms. The van der Waals surface area contributed by atoms with Crippen LogP contribution in [-0.2, 0) is 9.59 Å². The fourth-order valence-corrected chi connectivity index (χ4v) is 3.69. The summed E-state index contributed by atoms with van der Waals surface area (Å²) in [5, 5.41) is 21.2. The Labute approximate surface area is 160 Å². The van der Waals surface area contributed by atoms with Crippen LogP contribution in [0, 0.1) is 5.92 Å². The van der Waals surface area contributed by atoms with Crippen molar-refractivity contribution in [3.05, 3.63) is 18.2 Å². The lowest BCUT2D eigenvalue weighted by atomic mass is 10.0. The SMILES string of the molecule is O=C(C[C@H](CN1CCN(CCO)CC1)C(=O)O)Nc1ccc2nsnc2c1. The summed E-state index contributed by atoms with van der Waals surface area (Å²) >= 11 is 1.10. The maximum Gasteiger partial charge on any atom is 0.308 e. The van der Waals surface area contributed by atoms with Crippen molar-refractivity contribution in [3.63, 3.8) is 0 Å². The second kappa shape index (κ2) is 9.18. The van der Waals surface area contributed by atoms with E-state index in [1.807, 2.05) is 0 Å². The molecule has 1 aromatic heterocycles. The van der Waals surface area contributed by atoms with Crippen LogP contribution in [0.1, 0.15) is 6.42 Å². The van der Waals surface area contributed by atoms with Gasteiger partial charge in [0.1, 0.15) is 11.0 Å². The van der Waals surface area contributed by atoms with Gasteiger partial charge in [0, 0.05) is 51.4 Å². The van der Waals surface area contributed by atoms with E-state index >= 15 is 0 Å². The number of hydrogen-bond acceptors (Lipinski definition) is 8. The van der Waals surface area contributed by atoms with E-state index in [2.05, 4.69) is 23.9 Å². The molecule has 1 saturated heterocycles. The average Bonchev–Trinajstić information content (AvgIpc) is 3.10. The molecule has 146 valence electrons. The van der Waals surface area contributed by atoms with Crippen LogP contribution in [0.3, 0.4) is 0 Å². The van der Waals surface area contributed by atoms with Crippen LogP contribution in [0.2, 0.25) is 0 Å². The Bertz CT molecular complexity index is 790. The number of rotatable bonds is 8. The van der Waals surface area contributed by atoms with Gasteiger partial charge in [0.15, 0.2) is 0 Å². The van der Waals surface area contributed by atoms with Crippen LogP contribution in [-0.4, -0.2) is 86.5 Å². The number of carbonyl (C=O) groups is 2. The highest BCUT2D eigenvalue weighted by atomic mass is 32.1. The van der Waals surface area contributed by atoms with E-state index in [9.17, 15) is 14.7 Å². The van der Waals surface area contributed by atoms with Crippen LogP contribution in [0.25, 0.3) is 11.0 Å². The number of amides is 1. The number of piperazine rings is 1. The number of nitrogens with one attached hydrogen (secondary N) is 1. The van der Waals surface area contributed by atoms with Gasteiger partial charge in [-0.1, -0.05) is 0 Å². The van der Waals surface area contributed by atoms with Gasteiger partial charge >= 0.3 is 5.97 Å². The lowest BCUT2D eigenvalue weighted by Gasteiger charge is -2.35. The third kappa shape index (κ3) is 5.42. The lowest BCUT2D eigenvalue weighted by Crippen LogP contribution is -2.49. The molecule has 0 saturated carbocycles. The van der Waals surface area contributed by atoms with Crippen molar-refractivity contribution in [1.82, 2.24) is 18.5 Å². The van der Waals surface area contributed by atoms with Gasteiger partial charge in [0.2, 0.25) is 5.91 Å². The zero-order valence-electron chi connectivity index (χ0n) is 14.9. The summed E-state index contributed by atoms with van der Waals surface area (Å²) in [5.41, 5.74) is 2.05. The summed E-state index contributed by atoms with van der Waals surface area (Å²) in [6.07, 6.45) is -0.0838. The molecule has 3 rings (SSSR count). The number of aliphatic hydroxyl groups is 1. The van der Waals surface area contributed by atoms with Gasteiger partial charge in [-0.25, -0.2) is 0 Å². The van der Waals surface area contributed by atoms with E-state index in [0.29, 0.717) is 24.3 Å². The van der Waals surface area contributed by atoms with Gasteiger partial charge in [-0.15, -0.1) is 0 Å². The maximum absolute atomic E-state index is 12.3. The molecule has 27 heavy (non-hydrogen) atoms. The number of nitrogens with zero attached hydrogens (tertiary/aromatic N) is 4. The summed E-state index contributed by atoms with van der Waals surface area (Å²) in [6.45, 7) is 4.16. The number of carboxylic acids is 1. The number of aliphatic carboxylic acids is 1. The molecule has 10 heteroatoms. The quantitative estimate of drug-likeness (QED) is 0.587. The molecule has 1 aliphatic rings. The first-order valence-electron chi connectivity index (χ1n) is 8.85. The van der Waals surface area contributed by atoms with Gasteiger partial charge in [0.25, 0.3) is 0 Å². The van der Waals surface area contributed by atoms with Crippen molar-refractivity contribution < 1.29 is 19.8 Å². The summed E-state index contributed by atoms with van der Waals surface area (Å²) in [7, 11) is 0. The number of hydrogen-bond donors (Lipinski definition) is 3. The number of benzene rings is 1. The number of β-amino-alcohol motifs (C(OH)–C–C–N with tert-alkyl or cyclic N) is 1. The van der Waals surface area contributed by atoms with Gasteiger partial charge in [-0.2, -0.15) is 8.75 Å². The highest BCUT2D eigenvalue weighted by molar-refractivity contribution is 7.00. The largest absolute Gasteiger partial charge is 0.481 e. The summed E-state index contributed by atoms with van der Waals surface area (Å²) < 4.78 is 8.24. The van der Waals surface area contributed by atoms with Crippen molar-refractivity contribution in [3.8, 4) is 0 Å². The van der Waals surface area contributed by atoms with E-state index < -0.39 is 11.9 Å². The number of carboxylic acid groups (broad SMARTS) is 1. The Balaban J connectivity index is 1.52. The van der Waals surface area contributed by atoms with E-state index in [4.69, 9.17) is 5.11 Å². The van der Waals surface area contributed by atoms with Crippen LogP contribution in [0.5, 0.6) is 0 Å². The van der Waals surface area contributed by atoms with Crippen molar-refractivity contribution in [1.29, 1.82) is 0 Å². The van der Waals surface area contributed by atoms with E-state index in [1.54, 1.807) is 18.2 Å². The third-order valence-corrected chi connectivity index (χ3v) is 5.23. The molecule has 1 fully saturated rings. The Morgan fingerprint density at radius 3 is 2.56 bits per heavy atom. The Morgan fingerprint density at radius 2 is 1.85 bits per heavy atom. The zero-order chi connectivity index (χ0) is 19.2. The first-order valence-corrected chi connectivity index (χ1v) is 9.58. The van der Waals surface area contributed by atoms with Crippen LogP contribution >= 0.6 is 11.7 Å². The number of aromatic nitrogens is 2. The molecule has 1 amide bonds. The molecule has 3 N–H and O–H groups in total. The molecule has 1 aromatic carbocycles. The highest BCUT2D eigenvalue weighted by Gasteiger charge is 2.26. The van der Waals surface area contributed by atoms with Gasteiger partial charge < -0.3 is 15.5 Å². The Morgan fingerprint density at radius 1 is 1.15 bits per heavy atom. The first kappa shape index (κ1) is 19.6. The average molecular weight is 393 g/mol. The first-order chi connectivity index (χ1) is 13.0. The van der Waals surface area contributed by atoms with Crippen molar-refractivity contribution in [2.75, 3.05) is 51.2 Å². The molecule has 0 bridgehead atoms. The lowest BCUT2D eigenvalue weighted by molar-refractivity contribution is -0.144. The van der Waals surface area contributed by atoms with Crippen molar-refractivity contribution in [2.45, 2.75) is 6.42 Å². The monoisotopic (exact) mass is 393 g/mol. The summed E-state index contributed by atoms with van der Waals surface area (Å²) in [4.78, 5) is 28.1. The molecular weight excluding hydrogens is 370 g/mol. The van der Waals surface area contributed by atoms with Gasteiger partial charge in [-0.3, -0.25) is 19.4 Å². The molecule has 1 atom stereocenters. The number of fused-ring (bicyclic) bond motifs is 1. The molecule has 2 heterocycles. The Kier molecular flexibility index (Phi) is 6.67. The zero-order valence-corrected chi connectivity index (χ0v) is 15.7.